The van der Waals surface area contributed by atoms with Gasteiger partial charge in [-0.25, -0.2) is 4.79 Å². The molecule has 0 unspecified atom stereocenters. The first kappa shape index (κ1) is 26.7. The van der Waals surface area contributed by atoms with Crippen molar-refractivity contribution in [1.82, 2.24) is 5.32 Å². The Morgan fingerprint density at radius 2 is 1.88 bits per heavy atom. The third-order valence-corrected chi connectivity index (χ3v) is 5.76. The van der Waals surface area contributed by atoms with Crippen LogP contribution < -0.4 is 21.3 Å². The average Bonchev–Trinajstić information content (AvgIpc) is 2.76. The maximum atomic E-state index is 12.8. The normalized spacial score (nSPS) is 16.5. The Balaban J connectivity index is 0.00000385. The minimum absolute atomic E-state index is 0. The number of nitrogens with zero attached hydrogens (tertiary/aromatic N) is 1. The predicted molar refractivity (Wildman–Crippen MR) is 131 cm³/mol. The van der Waals surface area contributed by atoms with Gasteiger partial charge in [0, 0.05) is 53.9 Å². The molecule has 8 nitrogen and oxygen atoms in total. The molecule has 11 heteroatoms. The van der Waals surface area contributed by atoms with Gasteiger partial charge in [0.2, 0.25) is 5.91 Å². The molecule has 0 bridgehead atoms. The highest BCUT2D eigenvalue weighted by Crippen LogP contribution is 2.44. The van der Waals surface area contributed by atoms with E-state index in [1.165, 1.54) is 14.0 Å². The first-order chi connectivity index (χ1) is 15.2. The molecule has 4 N–H and O–H groups in total. The van der Waals surface area contributed by atoms with Crippen molar-refractivity contribution in [3.05, 3.63) is 57.6 Å². The Morgan fingerprint density at radius 1 is 1.21 bits per heavy atom. The number of benzene rings is 2. The molecule has 0 saturated heterocycles. The minimum atomic E-state index is -0.822. The number of fused-ring (bicyclic) bond motifs is 1. The number of amides is 2. The first-order valence-corrected chi connectivity index (χ1v) is 10.7. The van der Waals surface area contributed by atoms with Gasteiger partial charge in [-0.2, -0.15) is 0 Å². The van der Waals surface area contributed by atoms with Crippen LogP contribution in [0, 0.1) is 0 Å². The van der Waals surface area contributed by atoms with Gasteiger partial charge in [-0.05, 0) is 29.8 Å². The molecule has 3 rings (SSSR count). The van der Waals surface area contributed by atoms with E-state index in [1.54, 1.807) is 29.2 Å². The summed E-state index contributed by atoms with van der Waals surface area (Å²) in [5.74, 6) is -1.28. The standard InChI is InChI=1S/C22H24Cl2N4O4.ClH/c1-12(29)28(15-5-3-13(10-25)4-6-15)19-9-18(22(31)32-11-20(30)26-2)27-17-8-14(23)7-16(24)21(17)19;/h3-8,18-19,27H,9-11,25H2,1-2H3,(H,26,30);1H/t18-,19+;/m0./s1. The molecule has 0 fully saturated rings. The maximum absolute atomic E-state index is 12.8. The zero-order valence-electron chi connectivity index (χ0n) is 18.1. The van der Waals surface area contributed by atoms with Crippen molar-refractivity contribution in [2.45, 2.75) is 32.0 Å². The van der Waals surface area contributed by atoms with Crippen LogP contribution in [0.4, 0.5) is 11.4 Å². The lowest BCUT2D eigenvalue weighted by atomic mass is 9.90. The number of ether oxygens (including phenoxy) is 1. The molecule has 2 aromatic carbocycles. The second kappa shape index (κ2) is 11.6. The van der Waals surface area contributed by atoms with E-state index in [2.05, 4.69) is 10.6 Å². The zero-order chi connectivity index (χ0) is 23.4. The van der Waals surface area contributed by atoms with E-state index in [0.29, 0.717) is 33.5 Å². The van der Waals surface area contributed by atoms with Crippen molar-refractivity contribution >= 4 is 64.8 Å². The molecule has 2 aromatic rings. The van der Waals surface area contributed by atoms with Gasteiger partial charge in [0.05, 0.1) is 6.04 Å². The van der Waals surface area contributed by atoms with E-state index in [9.17, 15) is 14.4 Å². The second-order valence-electron chi connectivity index (χ2n) is 7.34. The third-order valence-electron chi connectivity index (χ3n) is 5.23. The Kier molecular flexibility index (Phi) is 9.36. The summed E-state index contributed by atoms with van der Waals surface area (Å²) in [6.07, 6.45) is 0.180. The monoisotopic (exact) mass is 514 g/mol. The summed E-state index contributed by atoms with van der Waals surface area (Å²) in [4.78, 5) is 38.5. The molecule has 1 heterocycles. The number of likely N-dealkylation sites (N-methyl/N-ethyl adjacent to an activating group) is 1. The fourth-order valence-corrected chi connectivity index (χ4v) is 4.32. The molecule has 2 atom stereocenters. The SMILES string of the molecule is CNC(=O)COC(=O)[C@@H]1C[C@@H](N(C(C)=O)c2ccc(CN)cc2)c2c(Cl)cc(Cl)cc2N1.Cl. The maximum Gasteiger partial charge on any atom is 0.329 e. The summed E-state index contributed by atoms with van der Waals surface area (Å²) in [5.41, 5.74) is 8.41. The van der Waals surface area contributed by atoms with E-state index < -0.39 is 30.6 Å². The molecule has 1 aliphatic heterocycles. The van der Waals surface area contributed by atoms with Gasteiger partial charge in [-0.3, -0.25) is 9.59 Å². The Bertz CT molecular complexity index is 1030. The number of nitrogens with two attached hydrogens (primary N) is 1. The van der Waals surface area contributed by atoms with Crippen LogP contribution in [-0.4, -0.2) is 37.5 Å². The number of anilines is 2. The highest BCUT2D eigenvalue weighted by Gasteiger charge is 2.38. The molecule has 0 spiro atoms. The molecule has 2 amide bonds. The number of carbonyl (C=O) groups is 3. The van der Waals surface area contributed by atoms with Gasteiger partial charge in [0.15, 0.2) is 6.61 Å². The molecule has 178 valence electrons. The van der Waals surface area contributed by atoms with Crippen molar-refractivity contribution in [1.29, 1.82) is 0 Å². The number of carbonyl (C=O) groups excluding carboxylic acids is 3. The fourth-order valence-electron chi connectivity index (χ4n) is 3.70. The largest absolute Gasteiger partial charge is 0.454 e. The average molecular weight is 516 g/mol. The van der Waals surface area contributed by atoms with Gasteiger partial charge in [0.25, 0.3) is 5.91 Å². The van der Waals surface area contributed by atoms with Crippen LogP contribution in [0.5, 0.6) is 0 Å². The van der Waals surface area contributed by atoms with Gasteiger partial charge < -0.3 is 26.0 Å². The van der Waals surface area contributed by atoms with Crippen LogP contribution in [0.25, 0.3) is 0 Å². The second-order valence-corrected chi connectivity index (χ2v) is 8.18. The van der Waals surface area contributed by atoms with E-state index in [4.69, 9.17) is 33.7 Å². The summed E-state index contributed by atoms with van der Waals surface area (Å²) in [6.45, 7) is 1.42. The molecule has 0 radical (unpaired) electrons. The number of hydrogen-bond donors (Lipinski definition) is 3. The molecule has 0 saturated carbocycles. The Labute approximate surface area is 208 Å². The first-order valence-electron chi connectivity index (χ1n) is 9.96. The molecule has 33 heavy (non-hydrogen) atoms. The van der Waals surface area contributed by atoms with Crippen molar-refractivity contribution in [3.8, 4) is 0 Å². The Morgan fingerprint density at radius 3 is 2.45 bits per heavy atom. The molecule has 1 aliphatic rings. The topological polar surface area (TPSA) is 114 Å². The van der Waals surface area contributed by atoms with E-state index in [0.717, 1.165) is 5.56 Å². The van der Waals surface area contributed by atoms with Crippen molar-refractivity contribution in [2.24, 2.45) is 5.73 Å². The number of hydrogen-bond acceptors (Lipinski definition) is 6. The van der Waals surface area contributed by atoms with Gasteiger partial charge in [-0.15, -0.1) is 12.4 Å². The van der Waals surface area contributed by atoms with Crippen molar-refractivity contribution < 1.29 is 19.1 Å². The van der Waals surface area contributed by atoms with Crippen LogP contribution >= 0.6 is 35.6 Å². The zero-order valence-corrected chi connectivity index (χ0v) is 20.4. The van der Waals surface area contributed by atoms with E-state index in [1.807, 2.05) is 12.1 Å². The van der Waals surface area contributed by atoms with Crippen molar-refractivity contribution in [2.75, 3.05) is 23.9 Å². The van der Waals surface area contributed by atoms with Crippen LogP contribution in [0.2, 0.25) is 10.0 Å². The van der Waals surface area contributed by atoms with Crippen LogP contribution in [-0.2, 0) is 25.7 Å². The quantitative estimate of drug-likeness (QED) is 0.508. The summed E-state index contributed by atoms with van der Waals surface area (Å²) < 4.78 is 5.14. The van der Waals surface area contributed by atoms with Gasteiger partial charge >= 0.3 is 5.97 Å². The van der Waals surface area contributed by atoms with E-state index in [-0.39, 0.29) is 24.7 Å². The van der Waals surface area contributed by atoms with Gasteiger partial charge in [-0.1, -0.05) is 35.3 Å². The summed E-state index contributed by atoms with van der Waals surface area (Å²) in [7, 11) is 1.45. The Hall–Kier alpha value is -2.52. The number of rotatable bonds is 6. The lowest BCUT2D eigenvalue weighted by molar-refractivity contribution is -0.149. The van der Waals surface area contributed by atoms with Crippen LogP contribution in [0.3, 0.4) is 0 Å². The molecular weight excluding hydrogens is 491 g/mol. The number of esters is 1. The number of nitrogens with one attached hydrogen (secondary N) is 2. The summed E-state index contributed by atoms with van der Waals surface area (Å²) in [5, 5.41) is 6.22. The highest BCUT2D eigenvalue weighted by molar-refractivity contribution is 6.35. The smallest absolute Gasteiger partial charge is 0.329 e. The number of halogens is 3. The van der Waals surface area contributed by atoms with E-state index >= 15 is 0 Å². The van der Waals surface area contributed by atoms with Crippen LogP contribution in [0.1, 0.15) is 30.5 Å². The lowest BCUT2D eigenvalue weighted by Gasteiger charge is -2.39. The van der Waals surface area contributed by atoms with Gasteiger partial charge in [0.1, 0.15) is 6.04 Å². The third kappa shape index (κ3) is 6.09. The summed E-state index contributed by atoms with van der Waals surface area (Å²) >= 11 is 12.7. The van der Waals surface area contributed by atoms with Crippen LogP contribution in [0.15, 0.2) is 36.4 Å². The van der Waals surface area contributed by atoms with Crippen molar-refractivity contribution in [3.63, 3.8) is 0 Å². The summed E-state index contributed by atoms with van der Waals surface area (Å²) in [6, 6.07) is 9.12. The molecular formula is C22H25Cl3N4O4. The highest BCUT2D eigenvalue weighted by atomic mass is 35.5. The molecule has 0 aliphatic carbocycles. The fraction of sp³-hybridized carbons (Fsp3) is 0.318. The molecule has 0 aromatic heterocycles. The lowest BCUT2D eigenvalue weighted by Crippen LogP contribution is -2.44. The minimum Gasteiger partial charge on any atom is -0.454 e. The predicted octanol–water partition coefficient (Wildman–Crippen LogP) is 3.44.